The number of rotatable bonds is 5. The van der Waals surface area contributed by atoms with Gasteiger partial charge in [-0.05, 0) is 44.0 Å². The molecule has 1 saturated heterocycles. The van der Waals surface area contributed by atoms with Crippen molar-refractivity contribution < 1.29 is 18.8 Å². The second-order valence-electron chi connectivity index (χ2n) is 6.21. The molecule has 2 heterocycles. The zero-order chi connectivity index (χ0) is 19.2. The molecular weight excluding hydrogens is 372 g/mol. The van der Waals surface area contributed by atoms with Gasteiger partial charge in [-0.15, -0.1) is 0 Å². The summed E-state index contributed by atoms with van der Waals surface area (Å²) in [5.74, 6) is 0.498. The highest BCUT2D eigenvalue weighted by atomic mass is 35.5. The second kappa shape index (κ2) is 8.85. The molecule has 1 N–H and O–H groups in total. The molecule has 1 atom stereocenters. The Bertz CT molecular complexity index is 793. The van der Waals surface area contributed by atoms with Gasteiger partial charge in [-0.2, -0.15) is 4.98 Å². The van der Waals surface area contributed by atoms with Crippen molar-refractivity contribution in [1.82, 2.24) is 20.4 Å². The lowest BCUT2D eigenvalue weighted by Gasteiger charge is -2.30. The Morgan fingerprint density at radius 1 is 1.37 bits per heavy atom. The van der Waals surface area contributed by atoms with Crippen LogP contribution in [0.4, 0.5) is 4.79 Å². The van der Waals surface area contributed by atoms with E-state index < -0.39 is 5.97 Å². The van der Waals surface area contributed by atoms with Crippen LogP contribution in [0.1, 0.15) is 31.6 Å². The minimum Gasteiger partial charge on any atom is -0.465 e. The number of likely N-dealkylation sites (tertiary alicyclic amines) is 1. The highest BCUT2D eigenvalue weighted by molar-refractivity contribution is 6.30. The van der Waals surface area contributed by atoms with Gasteiger partial charge in [0.25, 0.3) is 0 Å². The zero-order valence-corrected chi connectivity index (χ0v) is 15.7. The van der Waals surface area contributed by atoms with Gasteiger partial charge in [0, 0.05) is 23.7 Å². The fraction of sp³-hybridized carbons (Fsp3) is 0.444. The molecule has 1 fully saturated rings. The first-order valence-corrected chi connectivity index (χ1v) is 9.22. The highest BCUT2D eigenvalue weighted by Gasteiger charge is 2.29. The van der Waals surface area contributed by atoms with Crippen LogP contribution in [0.15, 0.2) is 28.8 Å². The maximum Gasteiger partial charge on any atom is 0.325 e. The van der Waals surface area contributed by atoms with Crippen molar-refractivity contribution >= 4 is 23.6 Å². The number of nitrogens with zero attached hydrogens (tertiary/aromatic N) is 3. The molecule has 1 aliphatic rings. The molecule has 27 heavy (non-hydrogen) atoms. The molecule has 0 bridgehead atoms. The van der Waals surface area contributed by atoms with Crippen molar-refractivity contribution in [1.29, 1.82) is 0 Å². The first kappa shape index (κ1) is 19.2. The first-order chi connectivity index (χ1) is 13.1. The van der Waals surface area contributed by atoms with E-state index in [0.717, 1.165) is 18.4 Å². The van der Waals surface area contributed by atoms with Gasteiger partial charge in [0.1, 0.15) is 6.54 Å². The van der Waals surface area contributed by atoms with E-state index in [4.69, 9.17) is 20.9 Å². The highest BCUT2D eigenvalue weighted by Crippen LogP contribution is 2.28. The van der Waals surface area contributed by atoms with Crippen LogP contribution in [0.3, 0.4) is 0 Å². The number of hydrogen-bond donors (Lipinski definition) is 1. The van der Waals surface area contributed by atoms with Crippen molar-refractivity contribution in [3.05, 3.63) is 35.2 Å². The van der Waals surface area contributed by atoms with Crippen molar-refractivity contribution in [2.75, 3.05) is 26.2 Å². The van der Waals surface area contributed by atoms with E-state index in [2.05, 4.69) is 15.5 Å². The van der Waals surface area contributed by atoms with E-state index in [9.17, 15) is 9.59 Å². The summed E-state index contributed by atoms with van der Waals surface area (Å²) in [6.45, 7) is 2.93. The van der Waals surface area contributed by atoms with E-state index in [1.807, 2.05) is 12.1 Å². The predicted octanol–water partition coefficient (Wildman–Crippen LogP) is 2.84. The van der Waals surface area contributed by atoms with Crippen LogP contribution in [-0.4, -0.2) is 53.3 Å². The zero-order valence-electron chi connectivity index (χ0n) is 15.0. The molecule has 1 unspecified atom stereocenters. The number of hydrogen-bond acceptors (Lipinski definition) is 6. The van der Waals surface area contributed by atoms with Gasteiger partial charge in [-0.1, -0.05) is 16.8 Å². The third kappa shape index (κ3) is 4.97. The Balaban J connectivity index is 1.60. The molecule has 0 spiro atoms. The summed E-state index contributed by atoms with van der Waals surface area (Å²) >= 11 is 5.90. The van der Waals surface area contributed by atoms with E-state index in [1.54, 1.807) is 24.0 Å². The quantitative estimate of drug-likeness (QED) is 0.786. The van der Waals surface area contributed by atoms with E-state index in [-0.39, 0.29) is 25.1 Å². The smallest absolute Gasteiger partial charge is 0.325 e. The summed E-state index contributed by atoms with van der Waals surface area (Å²) in [7, 11) is 0. The van der Waals surface area contributed by atoms with E-state index >= 15 is 0 Å². The summed E-state index contributed by atoms with van der Waals surface area (Å²) in [5.41, 5.74) is 0.814. The van der Waals surface area contributed by atoms with Gasteiger partial charge in [-0.25, -0.2) is 4.79 Å². The van der Waals surface area contributed by atoms with E-state index in [1.165, 1.54) is 0 Å². The molecule has 0 aliphatic carbocycles. The molecule has 8 nitrogen and oxygen atoms in total. The normalized spacial score (nSPS) is 16.8. The average molecular weight is 393 g/mol. The Hall–Kier alpha value is -2.61. The molecule has 1 aromatic heterocycles. The average Bonchev–Trinajstić information content (AvgIpc) is 3.17. The number of aromatic nitrogens is 2. The summed E-state index contributed by atoms with van der Waals surface area (Å²) < 4.78 is 10.2. The van der Waals surface area contributed by atoms with Crippen LogP contribution in [0.5, 0.6) is 0 Å². The topological polar surface area (TPSA) is 97.6 Å². The van der Waals surface area contributed by atoms with Crippen molar-refractivity contribution in [2.24, 2.45) is 0 Å². The number of amides is 2. The molecule has 1 aromatic carbocycles. The minimum atomic E-state index is -0.455. The number of carbonyl (C=O) groups is 2. The number of halogens is 1. The molecule has 3 rings (SSSR count). The van der Waals surface area contributed by atoms with Gasteiger partial charge in [0.05, 0.1) is 12.5 Å². The molecule has 9 heteroatoms. The third-order valence-electron chi connectivity index (χ3n) is 4.29. The van der Waals surface area contributed by atoms with Crippen molar-refractivity contribution in [3.63, 3.8) is 0 Å². The van der Waals surface area contributed by atoms with Gasteiger partial charge in [0.2, 0.25) is 11.7 Å². The molecule has 1 aliphatic heterocycles. The first-order valence-electron chi connectivity index (χ1n) is 8.84. The molecule has 0 radical (unpaired) electrons. The number of urea groups is 1. The monoisotopic (exact) mass is 392 g/mol. The van der Waals surface area contributed by atoms with Gasteiger partial charge in [-0.3, -0.25) is 4.79 Å². The third-order valence-corrected chi connectivity index (χ3v) is 4.54. The van der Waals surface area contributed by atoms with Crippen LogP contribution in [0.2, 0.25) is 5.02 Å². The van der Waals surface area contributed by atoms with Gasteiger partial charge >= 0.3 is 12.0 Å². The summed E-state index contributed by atoms with van der Waals surface area (Å²) in [6.07, 6.45) is 1.67. The van der Waals surface area contributed by atoms with Crippen molar-refractivity contribution in [3.8, 4) is 11.4 Å². The summed E-state index contributed by atoms with van der Waals surface area (Å²) in [4.78, 5) is 29.8. The number of piperidine rings is 1. The predicted molar refractivity (Wildman–Crippen MR) is 98.3 cm³/mol. The van der Waals surface area contributed by atoms with Crippen LogP contribution in [0, 0.1) is 0 Å². The number of carbonyl (C=O) groups excluding carboxylic acids is 2. The largest absolute Gasteiger partial charge is 0.465 e. The standard InChI is InChI=1S/C18H21ClN4O4/c1-2-26-15(24)10-20-18(25)23-9-3-4-13(11-23)17-21-16(22-27-17)12-5-7-14(19)8-6-12/h5-8,13H,2-4,9-11H2,1H3,(H,20,25). The lowest BCUT2D eigenvalue weighted by molar-refractivity contribution is -0.141. The lowest BCUT2D eigenvalue weighted by atomic mass is 9.98. The van der Waals surface area contributed by atoms with E-state index in [0.29, 0.717) is 29.8 Å². The lowest BCUT2D eigenvalue weighted by Crippen LogP contribution is -2.46. The van der Waals surface area contributed by atoms with Gasteiger partial charge in [0.15, 0.2) is 0 Å². The fourth-order valence-electron chi connectivity index (χ4n) is 2.95. The Morgan fingerprint density at radius 2 is 2.15 bits per heavy atom. The fourth-order valence-corrected chi connectivity index (χ4v) is 3.08. The maximum atomic E-state index is 12.3. The maximum absolute atomic E-state index is 12.3. The number of benzene rings is 1. The summed E-state index contributed by atoms with van der Waals surface area (Å²) in [5, 5.41) is 7.25. The Kier molecular flexibility index (Phi) is 6.28. The van der Waals surface area contributed by atoms with Crippen LogP contribution in [-0.2, 0) is 9.53 Å². The summed E-state index contributed by atoms with van der Waals surface area (Å²) in [6, 6.07) is 6.89. The number of nitrogens with one attached hydrogen (secondary N) is 1. The minimum absolute atomic E-state index is 0.0411. The Morgan fingerprint density at radius 3 is 2.89 bits per heavy atom. The Labute approximate surface area is 161 Å². The number of esters is 1. The van der Waals surface area contributed by atoms with Crippen LogP contribution < -0.4 is 5.32 Å². The molecule has 2 aromatic rings. The molecule has 0 saturated carbocycles. The second-order valence-corrected chi connectivity index (χ2v) is 6.65. The molecular formula is C18H21ClN4O4. The SMILES string of the molecule is CCOC(=O)CNC(=O)N1CCCC(c2nc(-c3ccc(Cl)cc3)no2)C1. The number of ether oxygens (including phenoxy) is 1. The van der Waals surface area contributed by atoms with Crippen LogP contribution in [0.25, 0.3) is 11.4 Å². The van der Waals surface area contributed by atoms with Gasteiger partial charge < -0.3 is 19.5 Å². The molecule has 2 amide bonds. The van der Waals surface area contributed by atoms with Crippen molar-refractivity contribution in [2.45, 2.75) is 25.7 Å². The molecule has 144 valence electrons. The van der Waals surface area contributed by atoms with Crippen LogP contribution >= 0.6 is 11.6 Å².